The van der Waals surface area contributed by atoms with Gasteiger partial charge in [-0.1, -0.05) is 18.3 Å². The lowest BCUT2D eigenvalue weighted by molar-refractivity contribution is 0.621. The van der Waals surface area contributed by atoms with Crippen molar-refractivity contribution in [3.8, 4) is 10.6 Å². The van der Waals surface area contributed by atoms with E-state index in [0.717, 1.165) is 22.0 Å². The molecule has 0 saturated heterocycles. The molecular formula is C11H11BrFN3S. The SMILES string of the molecule is CCC(N)c1nnc(-c2ccc(F)c(Br)c2)s1. The first-order chi connectivity index (χ1) is 8.11. The van der Waals surface area contributed by atoms with Crippen LogP contribution in [0.15, 0.2) is 22.7 Å². The normalized spacial score (nSPS) is 12.7. The lowest BCUT2D eigenvalue weighted by Gasteiger charge is -2.01. The summed E-state index contributed by atoms with van der Waals surface area (Å²) in [4.78, 5) is 0. The predicted octanol–water partition coefficient (Wildman–Crippen LogP) is 3.52. The Morgan fingerprint density at radius 2 is 2.24 bits per heavy atom. The zero-order valence-electron chi connectivity index (χ0n) is 9.15. The van der Waals surface area contributed by atoms with Gasteiger partial charge in [-0.3, -0.25) is 0 Å². The van der Waals surface area contributed by atoms with Gasteiger partial charge in [-0.2, -0.15) is 0 Å². The second-order valence-electron chi connectivity index (χ2n) is 3.59. The van der Waals surface area contributed by atoms with Crippen LogP contribution in [0.2, 0.25) is 0 Å². The zero-order chi connectivity index (χ0) is 12.4. The first-order valence-corrected chi connectivity index (χ1v) is 6.77. The molecule has 0 spiro atoms. The van der Waals surface area contributed by atoms with Crippen molar-refractivity contribution < 1.29 is 4.39 Å². The van der Waals surface area contributed by atoms with Crippen LogP contribution in [0.4, 0.5) is 4.39 Å². The van der Waals surface area contributed by atoms with E-state index < -0.39 is 0 Å². The number of benzene rings is 1. The van der Waals surface area contributed by atoms with E-state index in [1.54, 1.807) is 12.1 Å². The van der Waals surface area contributed by atoms with Gasteiger partial charge in [0.15, 0.2) is 0 Å². The van der Waals surface area contributed by atoms with Crippen molar-refractivity contribution in [3.63, 3.8) is 0 Å². The third kappa shape index (κ3) is 2.70. The van der Waals surface area contributed by atoms with Gasteiger partial charge in [0.25, 0.3) is 0 Å². The first-order valence-electron chi connectivity index (χ1n) is 5.16. The Labute approximate surface area is 111 Å². The van der Waals surface area contributed by atoms with Gasteiger partial charge in [0.05, 0.1) is 10.5 Å². The summed E-state index contributed by atoms with van der Waals surface area (Å²) in [6.07, 6.45) is 0.821. The zero-order valence-corrected chi connectivity index (χ0v) is 11.6. The molecular weight excluding hydrogens is 305 g/mol. The minimum Gasteiger partial charge on any atom is -0.322 e. The molecule has 0 fully saturated rings. The van der Waals surface area contributed by atoms with Gasteiger partial charge in [-0.15, -0.1) is 10.2 Å². The van der Waals surface area contributed by atoms with Crippen molar-refractivity contribution in [1.29, 1.82) is 0 Å². The molecule has 0 bridgehead atoms. The summed E-state index contributed by atoms with van der Waals surface area (Å²) in [6, 6.07) is 4.70. The van der Waals surface area contributed by atoms with Crippen LogP contribution in [0.3, 0.4) is 0 Å². The van der Waals surface area contributed by atoms with Crippen LogP contribution in [-0.4, -0.2) is 10.2 Å². The summed E-state index contributed by atoms with van der Waals surface area (Å²) < 4.78 is 13.5. The van der Waals surface area contributed by atoms with Gasteiger partial charge in [0.1, 0.15) is 15.8 Å². The molecule has 2 N–H and O–H groups in total. The van der Waals surface area contributed by atoms with E-state index >= 15 is 0 Å². The molecule has 2 rings (SSSR count). The Kier molecular flexibility index (Phi) is 3.86. The molecule has 90 valence electrons. The summed E-state index contributed by atoms with van der Waals surface area (Å²) in [5.74, 6) is -0.288. The fraction of sp³-hybridized carbons (Fsp3) is 0.273. The maximum atomic E-state index is 13.1. The molecule has 0 saturated carbocycles. The minimum atomic E-state index is -0.288. The number of nitrogens with zero attached hydrogens (tertiary/aromatic N) is 2. The molecule has 1 aromatic carbocycles. The summed E-state index contributed by atoms with van der Waals surface area (Å²) in [7, 11) is 0. The molecule has 0 radical (unpaired) electrons. The number of halogens is 2. The number of aromatic nitrogens is 2. The largest absolute Gasteiger partial charge is 0.322 e. The average Bonchev–Trinajstić information content (AvgIpc) is 2.81. The smallest absolute Gasteiger partial charge is 0.147 e. The molecule has 1 atom stereocenters. The molecule has 17 heavy (non-hydrogen) atoms. The Bertz CT molecular complexity index is 529. The van der Waals surface area contributed by atoms with Crippen LogP contribution in [0.5, 0.6) is 0 Å². The van der Waals surface area contributed by atoms with Gasteiger partial charge in [-0.05, 0) is 40.5 Å². The van der Waals surface area contributed by atoms with E-state index in [2.05, 4.69) is 26.1 Å². The number of hydrogen-bond acceptors (Lipinski definition) is 4. The summed E-state index contributed by atoms with van der Waals surface area (Å²) in [5, 5.41) is 9.68. The van der Waals surface area contributed by atoms with E-state index in [0.29, 0.717) is 4.47 Å². The van der Waals surface area contributed by atoms with E-state index in [9.17, 15) is 4.39 Å². The fourth-order valence-corrected chi connectivity index (χ4v) is 2.61. The standard InChI is InChI=1S/C11H11BrFN3S/c1-2-9(14)11-16-15-10(17-11)6-3-4-8(13)7(12)5-6/h3-5,9H,2,14H2,1H3. The molecule has 3 nitrogen and oxygen atoms in total. The summed E-state index contributed by atoms with van der Waals surface area (Å²) in [6.45, 7) is 2.00. The van der Waals surface area contributed by atoms with E-state index in [4.69, 9.17) is 5.73 Å². The molecule has 1 aromatic heterocycles. The minimum absolute atomic E-state index is 0.0786. The van der Waals surface area contributed by atoms with E-state index in [1.807, 2.05) is 6.92 Å². The lowest BCUT2D eigenvalue weighted by Crippen LogP contribution is -2.07. The Morgan fingerprint density at radius 3 is 2.88 bits per heavy atom. The maximum Gasteiger partial charge on any atom is 0.147 e. The van der Waals surface area contributed by atoms with Crippen molar-refractivity contribution in [2.75, 3.05) is 0 Å². The highest BCUT2D eigenvalue weighted by molar-refractivity contribution is 9.10. The molecule has 2 aromatic rings. The van der Waals surface area contributed by atoms with Crippen LogP contribution < -0.4 is 5.73 Å². The van der Waals surface area contributed by atoms with E-state index in [1.165, 1.54) is 17.4 Å². The van der Waals surface area contributed by atoms with Gasteiger partial charge in [0, 0.05) is 5.56 Å². The molecule has 1 unspecified atom stereocenters. The van der Waals surface area contributed by atoms with Crippen molar-refractivity contribution >= 4 is 27.3 Å². The number of nitrogens with two attached hydrogens (primary N) is 1. The quantitative estimate of drug-likeness (QED) is 0.942. The summed E-state index contributed by atoms with van der Waals surface area (Å²) in [5.41, 5.74) is 6.72. The van der Waals surface area contributed by atoms with Gasteiger partial charge in [0.2, 0.25) is 0 Å². The molecule has 0 aliphatic carbocycles. The van der Waals surface area contributed by atoms with Gasteiger partial charge < -0.3 is 5.73 Å². The second kappa shape index (κ2) is 5.20. The fourth-order valence-electron chi connectivity index (χ4n) is 1.30. The van der Waals surface area contributed by atoms with Crippen LogP contribution in [0.1, 0.15) is 24.4 Å². The highest BCUT2D eigenvalue weighted by Gasteiger charge is 2.12. The Hall–Kier alpha value is -0.850. The van der Waals surface area contributed by atoms with Crippen molar-refractivity contribution in [2.45, 2.75) is 19.4 Å². The van der Waals surface area contributed by atoms with E-state index in [-0.39, 0.29) is 11.9 Å². The monoisotopic (exact) mass is 315 g/mol. The first kappa shape index (κ1) is 12.6. The van der Waals surface area contributed by atoms with Crippen LogP contribution in [0, 0.1) is 5.82 Å². The van der Waals surface area contributed by atoms with Crippen molar-refractivity contribution in [3.05, 3.63) is 33.5 Å². The van der Waals surface area contributed by atoms with Crippen molar-refractivity contribution in [2.24, 2.45) is 5.73 Å². The molecule has 0 amide bonds. The maximum absolute atomic E-state index is 13.1. The Morgan fingerprint density at radius 1 is 1.47 bits per heavy atom. The van der Waals surface area contributed by atoms with Crippen molar-refractivity contribution in [1.82, 2.24) is 10.2 Å². The lowest BCUT2D eigenvalue weighted by atomic mass is 10.2. The second-order valence-corrected chi connectivity index (χ2v) is 5.45. The van der Waals surface area contributed by atoms with Gasteiger partial charge in [-0.25, -0.2) is 4.39 Å². The highest BCUT2D eigenvalue weighted by Crippen LogP contribution is 2.29. The Balaban J connectivity index is 2.33. The summed E-state index contributed by atoms with van der Waals surface area (Å²) >= 11 is 4.59. The molecule has 1 heterocycles. The van der Waals surface area contributed by atoms with Gasteiger partial charge >= 0.3 is 0 Å². The van der Waals surface area contributed by atoms with Crippen LogP contribution >= 0.6 is 27.3 Å². The van der Waals surface area contributed by atoms with Crippen LogP contribution in [0.25, 0.3) is 10.6 Å². The highest BCUT2D eigenvalue weighted by atomic mass is 79.9. The molecule has 0 aliphatic heterocycles. The average molecular weight is 316 g/mol. The number of hydrogen-bond donors (Lipinski definition) is 1. The molecule has 6 heteroatoms. The number of rotatable bonds is 3. The van der Waals surface area contributed by atoms with Crippen LogP contribution in [-0.2, 0) is 0 Å². The third-order valence-electron chi connectivity index (χ3n) is 2.36. The third-order valence-corrected chi connectivity index (χ3v) is 4.08. The topological polar surface area (TPSA) is 51.8 Å². The molecule has 0 aliphatic rings. The predicted molar refractivity (Wildman–Crippen MR) is 70.2 cm³/mol.